The smallest absolute Gasteiger partial charge is 0.211 e. The highest BCUT2D eigenvalue weighted by Crippen LogP contribution is 2.51. The van der Waals surface area contributed by atoms with Gasteiger partial charge in [0.05, 0.1) is 22.1 Å². The van der Waals surface area contributed by atoms with Gasteiger partial charge in [-0.1, -0.05) is 163 Å². The highest BCUT2D eigenvalue weighted by molar-refractivity contribution is 7.99. The maximum Gasteiger partial charge on any atom is 0.211 e. The first-order valence-corrected chi connectivity index (χ1v) is 21.5. The second-order valence-corrected chi connectivity index (χ2v) is 16.9. The Morgan fingerprint density at radius 3 is 1.97 bits per heavy atom. The van der Waals surface area contributed by atoms with Crippen LogP contribution in [0.25, 0.3) is 82.3 Å². The van der Waals surface area contributed by atoms with Gasteiger partial charge in [0.1, 0.15) is 6.17 Å². The zero-order chi connectivity index (χ0) is 40.0. The van der Waals surface area contributed by atoms with Gasteiger partial charge < -0.3 is 9.88 Å². The number of hydrogen-bond donors (Lipinski definition) is 1. The molecule has 1 N–H and O–H groups in total. The molecule has 0 radical (unpaired) electrons. The molecule has 11 aromatic rings. The average molecular weight is 798 g/mol. The molecule has 4 heterocycles. The average Bonchev–Trinajstić information content (AvgIpc) is 3.84. The van der Waals surface area contributed by atoms with Crippen molar-refractivity contribution in [3.8, 4) is 27.9 Å². The molecule has 2 aromatic heterocycles. The molecule has 0 amide bonds. The first-order valence-electron chi connectivity index (χ1n) is 20.7. The Kier molecular flexibility index (Phi) is 7.53. The summed E-state index contributed by atoms with van der Waals surface area (Å²) < 4.78 is 4.73. The topological polar surface area (TPSA) is 46.6 Å². The van der Waals surface area contributed by atoms with Crippen LogP contribution in [-0.4, -0.2) is 20.9 Å². The summed E-state index contributed by atoms with van der Waals surface area (Å²) in [4.78, 5) is 13.0. The Bertz CT molecular complexity index is 3640. The lowest BCUT2D eigenvalue weighted by Gasteiger charge is -2.24. The summed E-state index contributed by atoms with van der Waals surface area (Å²) in [6.45, 7) is 0. The number of benzene rings is 9. The van der Waals surface area contributed by atoms with Gasteiger partial charge in [-0.15, -0.1) is 0 Å². The van der Waals surface area contributed by atoms with E-state index in [2.05, 4.69) is 190 Å². The van der Waals surface area contributed by atoms with Crippen LogP contribution in [0.1, 0.15) is 17.3 Å². The molecule has 13 rings (SSSR count). The summed E-state index contributed by atoms with van der Waals surface area (Å²) in [5, 5.41) is 11.2. The first kappa shape index (κ1) is 34.2. The number of aromatic nitrogens is 2. The molecule has 1 atom stereocenters. The van der Waals surface area contributed by atoms with E-state index in [-0.39, 0.29) is 6.17 Å². The molecule has 2 aliphatic heterocycles. The van der Waals surface area contributed by atoms with Gasteiger partial charge in [0.25, 0.3) is 0 Å². The largest absolute Gasteiger partial charge is 0.330 e. The van der Waals surface area contributed by atoms with Gasteiger partial charge >= 0.3 is 0 Å². The Morgan fingerprint density at radius 2 is 1.10 bits per heavy atom. The summed E-state index contributed by atoms with van der Waals surface area (Å²) in [7, 11) is 0. The van der Waals surface area contributed by atoms with Gasteiger partial charge in [-0.25, -0.2) is 4.99 Å². The minimum Gasteiger partial charge on any atom is -0.330 e. The predicted molar refractivity (Wildman–Crippen MR) is 254 cm³/mol. The molecule has 286 valence electrons. The summed E-state index contributed by atoms with van der Waals surface area (Å²) in [6, 6.07) is 72.1. The molecular formula is C55H35N5S. The molecule has 61 heavy (non-hydrogen) atoms. The molecule has 5 nitrogen and oxygen atoms in total. The summed E-state index contributed by atoms with van der Waals surface area (Å²) in [5.41, 5.74) is 12.7. The molecule has 6 heteroatoms. The standard InChI is InChI=1S/C55H35N5S/c1-4-15-34(16-5-1)53-56-54(35-17-6-2-7-18-35)58-55(57-53)60-45-25-12-10-21-39(45)40-29-27-37(32-47(40)60)36-28-30-46-44(31-36)51-43-24-14-23-42-41-22-11-13-26-49(41)61-50(52(42)43)33-48(51)59(46)38-19-8-3-9-20-38/h1-33,53H,(H,56,57,58). The first-order chi connectivity index (χ1) is 30.2. The van der Waals surface area contributed by atoms with E-state index in [9.17, 15) is 0 Å². The third-order valence-corrected chi connectivity index (χ3v) is 13.5. The number of fused-ring (bicyclic) bond motifs is 9. The fraction of sp³-hybridized carbons (Fsp3) is 0.0182. The number of amidine groups is 1. The normalized spacial score (nSPS) is 14.7. The highest BCUT2D eigenvalue weighted by Gasteiger charge is 2.26. The second kappa shape index (κ2) is 13.4. The molecule has 9 aromatic carbocycles. The van der Waals surface area contributed by atoms with Crippen molar-refractivity contribution in [1.82, 2.24) is 14.5 Å². The molecule has 2 aliphatic rings. The predicted octanol–water partition coefficient (Wildman–Crippen LogP) is 13.8. The van der Waals surface area contributed by atoms with Crippen LogP contribution >= 0.6 is 11.8 Å². The maximum absolute atomic E-state index is 5.26. The summed E-state index contributed by atoms with van der Waals surface area (Å²) in [6.07, 6.45) is -0.310. The van der Waals surface area contributed by atoms with Crippen molar-refractivity contribution in [1.29, 1.82) is 0 Å². The molecular weight excluding hydrogens is 763 g/mol. The van der Waals surface area contributed by atoms with Crippen LogP contribution in [0.15, 0.2) is 220 Å². The lowest BCUT2D eigenvalue weighted by molar-refractivity contribution is 0.661. The van der Waals surface area contributed by atoms with Crippen LogP contribution in [0.4, 0.5) is 0 Å². The highest BCUT2D eigenvalue weighted by atomic mass is 32.2. The van der Waals surface area contributed by atoms with E-state index in [1.807, 2.05) is 36.0 Å². The van der Waals surface area contributed by atoms with Crippen molar-refractivity contribution in [2.75, 3.05) is 0 Å². The minimum absolute atomic E-state index is 0.310. The van der Waals surface area contributed by atoms with Gasteiger partial charge in [-0.05, 0) is 81.7 Å². The van der Waals surface area contributed by atoms with Gasteiger partial charge in [-0.2, -0.15) is 4.99 Å². The molecule has 0 aliphatic carbocycles. The van der Waals surface area contributed by atoms with Crippen molar-refractivity contribution in [3.63, 3.8) is 0 Å². The molecule has 1 unspecified atom stereocenters. The zero-order valence-corrected chi connectivity index (χ0v) is 33.6. The van der Waals surface area contributed by atoms with Crippen molar-refractivity contribution in [2.24, 2.45) is 9.98 Å². The Balaban J connectivity index is 1.04. The number of nitrogens with one attached hydrogen (secondary N) is 1. The fourth-order valence-electron chi connectivity index (χ4n) is 9.64. The van der Waals surface area contributed by atoms with E-state index in [0.717, 1.165) is 44.9 Å². The van der Waals surface area contributed by atoms with Crippen LogP contribution in [0.5, 0.6) is 0 Å². The molecule has 0 fully saturated rings. The Labute approximate surface area is 356 Å². The Morgan fingerprint density at radius 1 is 0.426 bits per heavy atom. The molecule has 0 saturated heterocycles. The quantitative estimate of drug-likeness (QED) is 0.193. The maximum atomic E-state index is 5.26. The van der Waals surface area contributed by atoms with Crippen LogP contribution in [-0.2, 0) is 0 Å². The van der Waals surface area contributed by atoms with E-state index in [0.29, 0.717) is 5.84 Å². The lowest BCUT2D eigenvalue weighted by Crippen LogP contribution is -2.37. The fourth-order valence-corrected chi connectivity index (χ4v) is 10.8. The van der Waals surface area contributed by atoms with Crippen molar-refractivity contribution in [2.45, 2.75) is 16.0 Å². The third kappa shape index (κ3) is 5.29. The monoisotopic (exact) mass is 797 g/mol. The minimum atomic E-state index is -0.310. The van der Waals surface area contributed by atoms with E-state index >= 15 is 0 Å². The SMILES string of the molecule is c1ccc(C2=NC(c3ccccc3)NC(n3c4ccccc4c4ccc(-c5ccc6c(c5)c5c7cccc8c7c(cc5n6-c5ccccc5)Sc5ccccc5-8)cc43)=N2)cc1. The number of hydrogen-bond acceptors (Lipinski definition) is 4. The number of aliphatic imine (C=N–C) groups is 2. The third-order valence-electron chi connectivity index (χ3n) is 12.4. The lowest BCUT2D eigenvalue weighted by atomic mass is 9.94. The van der Waals surface area contributed by atoms with Crippen molar-refractivity contribution < 1.29 is 0 Å². The van der Waals surface area contributed by atoms with Crippen LogP contribution in [0.3, 0.4) is 0 Å². The van der Waals surface area contributed by atoms with Gasteiger partial charge in [-0.3, -0.25) is 4.57 Å². The Hall–Kier alpha value is -7.67. The van der Waals surface area contributed by atoms with E-state index < -0.39 is 0 Å². The number of rotatable bonds is 4. The van der Waals surface area contributed by atoms with E-state index in [4.69, 9.17) is 9.98 Å². The van der Waals surface area contributed by atoms with Gasteiger partial charge in [0.15, 0.2) is 5.84 Å². The van der Waals surface area contributed by atoms with Crippen LogP contribution in [0, 0.1) is 0 Å². The van der Waals surface area contributed by atoms with Crippen LogP contribution < -0.4 is 5.32 Å². The van der Waals surface area contributed by atoms with E-state index in [1.165, 1.54) is 64.3 Å². The number of para-hydroxylation sites is 2. The van der Waals surface area contributed by atoms with Gasteiger partial charge in [0.2, 0.25) is 5.96 Å². The van der Waals surface area contributed by atoms with Crippen LogP contribution in [0.2, 0.25) is 0 Å². The van der Waals surface area contributed by atoms with Gasteiger partial charge in [0, 0.05) is 48.0 Å². The van der Waals surface area contributed by atoms with Crippen molar-refractivity contribution >= 4 is 77.9 Å². The van der Waals surface area contributed by atoms with E-state index in [1.54, 1.807) is 0 Å². The zero-order valence-electron chi connectivity index (χ0n) is 32.8. The van der Waals surface area contributed by atoms with Crippen molar-refractivity contribution in [3.05, 3.63) is 211 Å². The summed E-state index contributed by atoms with van der Waals surface area (Å²) in [5.74, 6) is 1.44. The number of nitrogens with zero attached hydrogens (tertiary/aromatic N) is 4. The molecule has 0 spiro atoms. The molecule has 0 saturated carbocycles. The second-order valence-electron chi connectivity index (χ2n) is 15.8. The summed E-state index contributed by atoms with van der Waals surface area (Å²) >= 11 is 1.88. The molecule has 0 bridgehead atoms.